The normalized spacial score (nSPS) is 20.5. The molecule has 0 spiro atoms. The molecular weight excluding hydrogens is 162 g/mol. The molecule has 0 saturated carbocycles. The average Bonchev–Trinajstić information content (AvgIpc) is 2.19. The Kier molecular flexibility index (Phi) is 2.30. The minimum absolute atomic E-state index is 0.238. The van der Waals surface area contributed by atoms with Gasteiger partial charge in [-0.15, -0.1) is 0 Å². The van der Waals surface area contributed by atoms with Gasteiger partial charge in [0.25, 0.3) is 0 Å². The summed E-state index contributed by atoms with van der Waals surface area (Å²) in [6.07, 6.45) is 4.18. The van der Waals surface area contributed by atoms with E-state index in [4.69, 9.17) is 0 Å². The molecule has 1 aromatic carbocycles. The quantitative estimate of drug-likeness (QED) is 0.682. The maximum atomic E-state index is 10.4. The van der Waals surface area contributed by atoms with Crippen molar-refractivity contribution >= 4 is 6.41 Å². The van der Waals surface area contributed by atoms with Crippen LogP contribution in [0.2, 0.25) is 0 Å². The summed E-state index contributed by atoms with van der Waals surface area (Å²) in [4.78, 5) is 10.4. The highest BCUT2D eigenvalue weighted by atomic mass is 16.1. The van der Waals surface area contributed by atoms with Crippen LogP contribution in [0.15, 0.2) is 24.3 Å². The Hall–Kier alpha value is -1.31. The van der Waals surface area contributed by atoms with Gasteiger partial charge in [0, 0.05) is 0 Å². The first kappa shape index (κ1) is 8.30. The van der Waals surface area contributed by atoms with E-state index in [0.717, 1.165) is 19.3 Å². The number of amides is 1. The topological polar surface area (TPSA) is 29.1 Å². The van der Waals surface area contributed by atoms with Crippen LogP contribution in [0.5, 0.6) is 0 Å². The van der Waals surface area contributed by atoms with Gasteiger partial charge in [-0.05, 0) is 30.4 Å². The average molecular weight is 175 g/mol. The van der Waals surface area contributed by atoms with Crippen molar-refractivity contribution in [3.05, 3.63) is 35.4 Å². The Bertz CT molecular complexity index is 309. The SMILES string of the molecule is O=CNC1CCCc2ccccc21. The molecule has 0 fully saturated rings. The van der Waals surface area contributed by atoms with Crippen LogP contribution in [0.4, 0.5) is 0 Å². The predicted octanol–water partition coefficient (Wildman–Crippen LogP) is 1.81. The van der Waals surface area contributed by atoms with Gasteiger partial charge >= 0.3 is 0 Å². The lowest BCUT2D eigenvalue weighted by atomic mass is 9.88. The summed E-state index contributed by atoms with van der Waals surface area (Å²) in [7, 11) is 0. The number of nitrogens with one attached hydrogen (secondary N) is 1. The van der Waals surface area contributed by atoms with Crippen LogP contribution in [-0.2, 0) is 11.2 Å². The number of benzene rings is 1. The van der Waals surface area contributed by atoms with Crippen molar-refractivity contribution < 1.29 is 4.79 Å². The molecule has 1 amide bonds. The van der Waals surface area contributed by atoms with Gasteiger partial charge in [0.1, 0.15) is 0 Å². The summed E-state index contributed by atoms with van der Waals surface area (Å²) in [5.74, 6) is 0. The number of hydrogen-bond acceptors (Lipinski definition) is 1. The van der Waals surface area contributed by atoms with E-state index in [2.05, 4.69) is 23.5 Å². The van der Waals surface area contributed by atoms with Crippen molar-refractivity contribution in [3.63, 3.8) is 0 Å². The van der Waals surface area contributed by atoms with Crippen LogP contribution in [0.25, 0.3) is 0 Å². The number of aryl methyl sites for hydroxylation is 1. The molecule has 1 aromatic rings. The molecule has 13 heavy (non-hydrogen) atoms. The van der Waals surface area contributed by atoms with Crippen LogP contribution < -0.4 is 5.32 Å². The van der Waals surface area contributed by atoms with Crippen LogP contribution in [0, 0.1) is 0 Å². The third-order valence-corrected chi connectivity index (χ3v) is 2.64. The molecule has 2 nitrogen and oxygen atoms in total. The van der Waals surface area contributed by atoms with E-state index in [1.807, 2.05) is 6.07 Å². The van der Waals surface area contributed by atoms with Crippen LogP contribution >= 0.6 is 0 Å². The van der Waals surface area contributed by atoms with Gasteiger partial charge in [0.15, 0.2) is 0 Å². The zero-order chi connectivity index (χ0) is 9.10. The monoisotopic (exact) mass is 175 g/mol. The zero-order valence-electron chi connectivity index (χ0n) is 7.49. The van der Waals surface area contributed by atoms with Gasteiger partial charge in [-0.2, -0.15) is 0 Å². The molecule has 2 heteroatoms. The molecular formula is C11H13NO. The number of carbonyl (C=O) groups excluding carboxylic acids is 1. The lowest BCUT2D eigenvalue weighted by Crippen LogP contribution is -2.23. The van der Waals surface area contributed by atoms with E-state index in [-0.39, 0.29) is 6.04 Å². The number of fused-ring (bicyclic) bond motifs is 1. The number of carbonyl (C=O) groups is 1. The summed E-state index contributed by atoms with van der Waals surface area (Å²) in [6, 6.07) is 8.58. The van der Waals surface area contributed by atoms with E-state index in [1.54, 1.807) is 0 Å². The van der Waals surface area contributed by atoms with Crippen molar-refractivity contribution in [2.75, 3.05) is 0 Å². The second-order valence-corrected chi connectivity index (χ2v) is 3.43. The Morgan fingerprint density at radius 2 is 2.23 bits per heavy atom. The van der Waals surface area contributed by atoms with Crippen LogP contribution in [-0.4, -0.2) is 6.41 Å². The van der Waals surface area contributed by atoms with E-state index in [9.17, 15) is 4.79 Å². The highest BCUT2D eigenvalue weighted by Gasteiger charge is 2.18. The minimum Gasteiger partial charge on any atom is -0.352 e. The van der Waals surface area contributed by atoms with Crippen LogP contribution in [0.3, 0.4) is 0 Å². The molecule has 2 rings (SSSR count). The number of rotatable bonds is 2. The Balaban J connectivity index is 2.31. The molecule has 0 aliphatic heterocycles. The first-order valence-corrected chi connectivity index (χ1v) is 4.69. The summed E-state index contributed by atoms with van der Waals surface area (Å²) < 4.78 is 0. The van der Waals surface area contributed by atoms with Crippen molar-refractivity contribution in [1.82, 2.24) is 5.32 Å². The third kappa shape index (κ3) is 1.57. The maximum Gasteiger partial charge on any atom is 0.207 e. The van der Waals surface area contributed by atoms with Gasteiger partial charge in [-0.3, -0.25) is 4.79 Å². The fraction of sp³-hybridized carbons (Fsp3) is 0.364. The fourth-order valence-electron chi connectivity index (χ4n) is 2.01. The summed E-state index contributed by atoms with van der Waals surface area (Å²) in [5.41, 5.74) is 2.67. The molecule has 1 unspecified atom stereocenters. The Morgan fingerprint density at radius 1 is 1.38 bits per heavy atom. The summed E-state index contributed by atoms with van der Waals surface area (Å²) >= 11 is 0. The standard InChI is InChI=1S/C11H13NO/c13-8-12-11-7-3-5-9-4-1-2-6-10(9)11/h1-2,4,6,8,11H,3,5,7H2,(H,12,13). The molecule has 1 N–H and O–H groups in total. The zero-order valence-corrected chi connectivity index (χ0v) is 7.49. The van der Waals surface area contributed by atoms with E-state index in [0.29, 0.717) is 0 Å². The van der Waals surface area contributed by atoms with Gasteiger partial charge < -0.3 is 5.32 Å². The second-order valence-electron chi connectivity index (χ2n) is 3.43. The van der Waals surface area contributed by atoms with Crippen molar-refractivity contribution in [3.8, 4) is 0 Å². The molecule has 0 aromatic heterocycles. The maximum absolute atomic E-state index is 10.4. The highest BCUT2D eigenvalue weighted by molar-refractivity contribution is 5.48. The molecule has 0 radical (unpaired) electrons. The van der Waals surface area contributed by atoms with Gasteiger partial charge in [-0.1, -0.05) is 24.3 Å². The van der Waals surface area contributed by atoms with Crippen molar-refractivity contribution in [2.24, 2.45) is 0 Å². The Morgan fingerprint density at radius 3 is 3.08 bits per heavy atom. The molecule has 1 aliphatic rings. The summed E-state index contributed by atoms with van der Waals surface area (Å²) in [6.45, 7) is 0. The van der Waals surface area contributed by atoms with E-state index >= 15 is 0 Å². The number of hydrogen-bond donors (Lipinski definition) is 1. The molecule has 0 heterocycles. The van der Waals surface area contributed by atoms with Gasteiger partial charge in [0.2, 0.25) is 6.41 Å². The first-order valence-electron chi connectivity index (χ1n) is 4.69. The molecule has 1 aliphatic carbocycles. The molecule has 0 saturated heterocycles. The smallest absolute Gasteiger partial charge is 0.207 e. The van der Waals surface area contributed by atoms with Gasteiger partial charge in [0.05, 0.1) is 6.04 Å². The third-order valence-electron chi connectivity index (χ3n) is 2.64. The van der Waals surface area contributed by atoms with E-state index < -0.39 is 0 Å². The predicted molar refractivity (Wildman–Crippen MR) is 51.3 cm³/mol. The Labute approximate surface area is 78.0 Å². The largest absolute Gasteiger partial charge is 0.352 e. The molecule has 1 atom stereocenters. The molecule has 68 valence electrons. The van der Waals surface area contributed by atoms with Crippen molar-refractivity contribution in [2.45, 2.75) is 25.3 Å². The van der Waals surface area contributed by atoms with E-state index in [1.165, 1.54) is 17.5 Å². The van der Waals surface area contributed by atoms with Crippen LogP contribution in [0.1, 0.15) is 30.0 Å². The summed E-state index contributed by atoms with van der Waals surface area (Å²) in [5, 5.41) is 2.86. The van der Waals surface area contributed by atoms with Crippen molar-refractivity contribution in [1.29, 1.82) is 0 Å². The minimum atomic E-state index is 0.238. The molecule has 0 bridgehead atoms. The second kappa shape index (κ2) is 3.60. The lowest BCUT2D eigenvalue weighted by molar-refractivity contribution is -0.110. The van der Waals surface area contributed by atoms with Gasteiger partial charge in [-0.25, -0.2) is 0 Å². The first-order chi connectivity index (χ1) is 6.42. The fourth-order valence-corrected chi connectivity index (χ4v) is 2.01. The highest BCUT2D eigenvalue weighted by Crippen LogP contribution is 2.28. The lowest BCUT2D eigenvalue weighted by Gasteiger charge is -2.24.